The number of nitriles is 10. The van der Waals surface area contributed by atoms with Crippen molar-refractivity contribution in [3.63, 3.8) is 0 Å². The van der Waals surface area contributed by atoms with Crippen molar-refractivity contribution in [2.24, 2.45) is 0 Å². The van der Waals surface area contributed by atoms with Crippen molar-refractivity contribution in [1.82, 2.24) is 14.1 Å². The molecule has 13 aromatic rings. The van der Waals surface area contributed by atoms with Gasteiger partial charge in [-0.25, -0.2) is 0 Å². The van der Waals surface area contributed by atoms with Gasteiger partial charge in [-0.2, -0.15) is 52.6 Å². The van der Waals surface area contributed by atoms with Crippen molar-refractivity contribution in [2.75, 3.05) is 0 Å². The first-order valence-corrected chi connectivity index (χ1v) is 27.1. The predicted molar refractivity (Wildman–Crippen MR) is 333 cm³/mol. The summed E-state index contributed by atoms with van der Waals surface area (Å²) in [5, 5.41) is 105. The summed E-state index contributed by atoms with van der Waals surface area (Å²) >= 11 is 0. The second-order valence-corrected chi connectivity index (χ2v) is 20.8. The predicted octanol–water partition coefficient (Wildman–Crippen LogP) is 16.0. The maximum Gasteiger partial charge on any atom is 0.0992 e. The molecule has 0 saturated carbocycles. The lowest BCUT2D eigenvalue weighted by Crippen LogP contribution is -2.05. The monoisotopic (exact) mass is 1120 g/mol. The Morgan fingerprint density at radius 1 is 0.250 bits per heavy atom. The lowest BCUT2D eigenvalue weighted by Gasteiger charge is -2.22. The zero-order valence-corrected chi connectivity index (χ0v) is 45.9. The molecule has 0 radical (unpaired) electrons. The molecule has 13 nitrogen and oxygen atoms in total. The molecule has 3 heterocycles. The van der Waals surface area contributed by atoms with Crippen LogP contribution in [0.15, 0.2) is 200 Å². The Morgan fingerprint density at radius 3 is 0.898 bits per heavy atom. The molecular weight excluding hydrogens is 1080 g/mol. The standard InChI is InChI=1S/C75H33N13/c76-34-44-4-9-70(87-71-10-5-54(58-19-45(35-77)15-46(20-58)36-78)30-63(71)64-31-55(6-11-72(64)87)59-21-47(37-79)16-48(22-59)38-80)62(27-44)67-28-53(43-85)29-68(69-3-1-2-14-86-69)75(67)88-73-12-7-56(60-23-49(39-81)17-50(24-60)40-82)32-65(73)66-33-57(8-13-74(66)88)61-25-51(41-83)18-52(26-61)42-84/h1-33H. The van der Waals surface area contributed by atoms with Gasteiger partial charge in [-0.1, -0.05) is 30.3 Å². The molecule has 3 aromatic heterocycles. The number of hydrogen-bond donors (Lipinski definition) is 0. The van der Waals surface area contributed by atoms with Gasteiger partial charge in [0.2, 0.25) is 0 Å². The average Bonchev–Trinajstić information content (AvgIpc) is 1.90. The molecule has 0 bridgehead atoms. The maximum absolute atomic E-state index is 11.1. The summed E-state index contributed by atoms with van der Waals surface area (Å²) in [6, 6.07) is 80.4. The third kappa shape index (κ3) is 9.12. The Balaban J connectivity index is 1.15. The molecule has 0 spiro atoms. The summed E-state index contributed by atoms with van der Waals surface area (Å²) < 4.78 is 4.21. The van der Waals surface area contributed by atoms with E-state index in [1.165, 1.54) is 24.3 Å². The van der Waals surface area contributed by atoms with Crippen molar-refractivity contribution < 1.29 is 0 Å². The lowest BCUT2D eigenvalue weighted by atomic mass is 9.92. The van der Waals surface area contributed by atoms with Crippen molar-refractivity contribution in [1.29, 1.82) is 52.6 Å². The number of nitrogens with zero attached hydrogens (tertiary/aromatic N) is 13. The largest absolute Gasteiger partial charge is 0.309 e. The van der Waals surface area contributed by atoms with Gasteiger partial charge in [-0.15, -0.1) is 0 Å². The van der Waals surface area contributed by atoms with Crippen molar-refractivity contribution in [2.45, 2.75) is 0 Å². The molecule has 13 heteroatoms. The Labute approximate surface area is 502 Å². The van der Waals surface area contributed by atoms with E-state index in [1.807, 2.05) is 97.1 Å². The summed E-state index contributed by atoms with van der Waals surface area (Å²) in [5.41, 5.74) is 14.8. The average molecular weight is 1120 g/mol. The fourth-order valence-corrected chi connectivity index (χ4v) is 11.8. The molecule has 13 rings (SSSR count). The van der Waals surface area contributed by atoms with Crippen molar-refractivity contribution >= 4 is 43.6 Å². The van der Waals surface area contributed by atoms with Crippen LogP contribution in [0.4, 0.5) is 0 Å². The molecule has 0 amide bonds. The summed E-state index contributed by atoms with van der Waals surface area (Å²) in [6.45, 7) is 0. The van der Waals surface area contributed by atoms with E-state index in [1.54, 1.807) is 79.0 Å². The molecule has 0 saturated heterocycles. The zero-order valence-electron chi connectivity index (χ0n) is 45.9. The Bertz CT molecular complexity index is 5320. The normalized spacial score (nSPS) is 10.6. The minimum absolute atomic E-state index is 0.290. The van der Waals surface area contributed by atoms with Gasteiger partial charge in [-0.05, 0) is 208 Å². The summed E-state index contributed by atoms with van der Waals surface area (Å²) in [4.78, 5) is 4.90. The first kappa shape index (κ1) is 53.2. The third-order valence-electron chi connectivity index (χ3n) is 15.7. The highest BCUT2D eigenvalue weighted by molar-refractivity contribution is 6.15. The van der Waals surface area contributed by atoms with Crippen LogP contribution in [0.2, 0.25) is 0 Å². The van der Waals surface area contributed by atoms with Crippen molar-refractivity contribution in [3.05, 3.63) is 256 Å². The van der Waals surface area contributed by atoms with Crippen LogP contribution in [0.1, 0.15) is 55.6 Å². The molecule has 0 unspecified atom stereocenters. The Morgan fingerprint density at radius 2 is 0.568 bits per heavy atom. The van der Waals surface area contributed by atoms with Gasteiger partial charge in [0.05, 0.1) is 155 Å². The molecular formula is C75H33N13. The van der Waals surface area contributed by atoms with E-state index in [9.17, 15) is 52.6 Å². The molecule has 88 heavy (non-hydrogen) atoms. The molecule has 398 valence electrons. The van der Waals surface area contributed by atoms with Crippen LogP contribution in [-0.4, -0.2) is 14.1 Å². The highest BCUT2D eigenvalue weighted by Crippen LogP contribution is 2.47. The number of rotatable bonds is 8. The van der Waals surface area contributed by atoms with Gasteiger partial charge in [0.25, 0.3) is 0 Å². The van der Waals surface area contributed by atoms with Crippen molar-refractivity contribution in [3.8, 4) is 139 Å². The molecule has 10 aromatic carbocycles. The van der Waals surface area contributed by atoms with Crippen LogP contribution in [-0.2, 0) is 0 Å². The first-order chi connectivity index (χ1) is 43.1. The SMILES string of the molecule is N#Cc1cc(C#N)cc(-c2ccc3c(c2)c2cc(-c4cc(C#N)cc(C#N)c4)ccc2n3-c2ccc(C#N)cc2-c2cc(C#N)cc(-c3ccccn3)c2-n2c3ccc(-c4cc(C#N)cc(C#N)c4)cc3c3cc(-c4cc(C#N)cc(C#N)c4)ccc32)c1. The molecule has 0 aliphatic rings. The summed E-state index contributed by atoms with van der Waals surface area (Å²) in [6.07, 6.45) is 1.68. The van der Waals surface area contributed by atoms with E-state index >= 15 is 0 Å². The van der Waals surface area contributed by atoms with Gasteiger partial charge in [0.15, 0.2) is 0 Å². The van der Waals surface area contributed by atoms with Gasteiger partial charge >= 0.3 is 0 Å². The number of fused-ring (bicyclic) bond motifs is 6. The van der Waals surface area contributed by atoms with Crippen LogP contribution in [0.5, 0.6) is 0 Å². The van der Waals surface area contributed by atoms with Gasteiger partial charge < -0.3 is 9.13 Å². The van der Waals surface area contributed by atoms with E-state index in [4.69, 9.17) is 4.98 Å². The molecule has 0 fully saturated rings. The van der Waals surface area contributed by atoms with E-state index in [-0.39, 0.29) is 0 Å². The first-order valence-electron chi connectivity index (χ1n) is 27.1. The van der Waals surface area contributed by atoms with E-state index < -0.39 is 0 Å². The zero-order chi connectivity index (χ0) is 60.7. The molecule has 0 atom stereocenters. The van der Waals surface area contributed by atoms with Gasteiger partial charge in [0, 0.05) is 44.4 Å². The fourth-order valence-electron chi connectivity index (χ4n) is 11.8. The molecule has 0 aliphatic heterocycles. The Kier molecular flexibility index (Phi) is 13.1. The van der Waals surface area contributed by atoms with Crippen LogP contribution in [0, 0.1) is 113 Å². The quantitative estimate of drug-likeness (QED) is 0.138. The van der Waals surface area contributed by atoms with Crippen LogP contribution < -0.4 is 0 Å². The fraction of sp³-hybridized carbons (Fsp3) is 0. The Hall–Kier alpha value is -14.2. The third-order valence-corrected chi connectivity index (χ3v) is 15.7. The maximum atomic E-state index is 11.1. The van der Waals surface area contributed by atoms with E-state index in [0.29, 0.717) is 134 Å². The summed E-state index contributed by atoms with van der Waals surface area (Å²) in [7, 11) is 0. The number of aromatic nitrogens is 3. The second-order valence-electron chi connectivity index (χ2n) is 20.8. The number of hydrogen-bond acceptors (Lipinski definition) is 11. The second kappa shape index (κ2) is 21.6. The highest BCUT2D eigenvalue weighted by atomic mass is 15.0. The topological polar surface area (TPSA) is 261 Å². The summed E-state index contributed by atoms with van der Waals surface area (Å²) in [5.74, 6) is 0. The minimum atomic E-state index is 0.290. The highest BCUT2D eigenvalue weighted by Gasteiger charge is 2.27. The smallest absolute Gasteiger partial charge is 0.0992 e. The van der Waals surface area contributed by atoms with E-state index in [2.05, 4.69) is 69.8 Å². The minimum Gasteiger partial charge on any atom is -0.309 e. The number of benzene rings is 10. The van der Waals surface area contributed by atoms with Crippen LogP contribution in [0.25, 0.3) is 122 Å². The van der Waals surface area contributed by atoms with E-state index in [0.717, 1.165) is 43.7 Å². The van der Waals surface area contributed by atoms with Gasteiger partial charge in [-0.3, -0.25) is 4.98 Å². The number of pyridine rings is 1. The lowest BCUT2D eigenvalue weighted by molar-refractivity contribution is 1.15. The van der Waals surface area contributed by atoms with Gasteiger partial charge in [0.1, 0.15) is 0 Å². The molecule has 0 N–H and O–H groups in total. The van der Waals surface area contributed by atoms with Crippen LogP contribution >= 0.6 is 0 Å². The molecule has 0 aliphatic carbocycles. The van der Waals surface area contributed by atoms with Crippen LogP contribution in [0.3, 0.4) is 0 Å².